The summed E-state index contributed by atoms with van der Waals surface area (Å²) in [6, 6.07) is 7.44. The van der Waals surface area contributed by atoms with Gasteiger partial charge in [0.25, 0.3) is 12.0 Å². The van der Waals surface area contributed by atoms with Gasteiger partial charge in [-0.2, -0.15) is 9.37 Å². The van der Waals surface area contributed by atoms with Crippen LogP contribution < -0.4 is 15.0 Å². The molecule has 0 bridgehead atoms. The molecule has 0 radical (unpaired) electrons. The maximum atomic E-state index is 14.0. The van der Waals surface area contributed by atoms with Crippen LogP contribution in [0.2, 0.25) is 0 Å². The lowest BCUT2D eigenvalue weighted by Gasteiger charge is -2.29. The van der Waals surface area contributed by atoms with Crippen LogP contribution in [0.3, 0.4) is 0 Å². The van der Waals surface area contributed by atoms with Crippen LogP contribution in [0.15, 0.2) is 48.8 Å². The molecule has 1 unspecified atom stereocenters. The smallest absolute Gasteiger partial charge is 0.304 e. The third-order valence-electron chi connectivity index (χ3n) is 6.12. The Kier molecular flexibility index (Phi) is 7.46. The molecule has 1 atom stereocenters. The summed E-state index contributed by atoms with van der Waals surface area (Å²) in [7, 11) is 0. The van der Waals surface area contributed by atoms with Crippen LogP contribution in [-0.4, -0.2) is 64.8 Å². The average molecular weight is 560 g/mol. The van der Waals surface area contributed by atoms with E-state index in [4.69, 9.17) is 9.47 Å². The lowest BCUT2D eigenvalue weighted by Crippen LogP contribution is -2.36. The summed E-state index contributed by atoms with van der Waals surface area (Å²) in [6.07, 6.45) is -3.15. The number of aldehydes is 1. The summed E-state index contributed by atoms with van der Waals surface area (Å²) in [6.45, 7) is 1.11. The molecule has 0 saturated carbocycles. The molecule has 208 valence electrons. The summed E-state index contributed by atoms with van der Waals surface area (Å²) in [5.74, 6) is -0.982. The van der Waals surface area contributed by atoms with Crippen molar-refractivity contribution in [3.05, 3.63) is 70.3 Å². The van der Waals surface area contributed by atoms with E-state index in [1.807, 2.05) is 0 Å². The molecule has 40 heavy (non-hydrogen) atoms. The first-order chi connectivity index (χ1) is 19.2. The Labute approximate surface area is 223 Å². The molecule has 1 aliphatic heterocycles. The number of rotatable bonds is 9. The second-order valence-corrected chi connectivity index (χ2v) is 8.59. The van der Waals surface area contributed by atoms with Crippen molar-refractivity contribution in [3.63, 3.8) is 0 Å². The molecule has 11 nitrogen and oxygen atoms in total. The molecular formula is C25H20F4N6O5. The normalized spacial score (nSPS) is 14.4. The first kappa shape index (κ1) is 26.8. The Morgan fingerprint density at radius 2 is 1.93 bits per heavy atom. The molecular weight excluding hydrogens is 540 g/mol. The van der Waals surface area contributed by atoms with Gasteiger partial charge in [0, 0.05) is 48.6 Å². The molecule has 1 N–H and O–H groups in total. The summed E-state index contributed by atoms with van der Waals surface area (Å²) in [5.41, 5.74) is -0.0103. The Balaban J connectivity index is 1.57. The van der Waals surface area contributed by atoms with Gasteiger partial charge in [0.2, 0.25) is 5.95 Å². The number of nitro groups is 1. The number of hydrogen-bond acceptors (Lipinski definition) is 9. The summed E-state index contributed by atoms with van der Waals surface area (Å²) < 4.78 is 65.6. The number of halogens is 4. The molecule has 0 aliphatic carbocycles. The van der Waals surface area contributed by atoms with Crippen LogP contribution in [0.5, 0.6) is 5.75 Å². The van der Waals surface area contributed by atoms with Gasteiger partial charge in [0.1, 0.15) is 23.1 Å². The number of alkyl halides is 3. The fourth-order valence-corrected chi connectivity index (χ4v) is 4.30. The summed E-state index contributed by atoms with van der Waals surface area (Å²) in [4.78, 5) is 32.8. The standard InChI is InChI=1S/C25H20F4N6O5/c26-15-1-2-16-14(13-36)12-34(18(16)9-15)22-3-4-30-25(32-22)31-17-10-20(35(37)38)19(33-5-7-39-8-6-33)11-21(17)40-24(29)23(27)28/h1-4,9-13,23-24H,5-8H2,(H,30,31,32). The van der Waals surface area contributed by atoms with Gasteiger partial charge in [-0.1, -0.05) is 0 Å². The fraction of sp³-hybridized carbons (Fsp3) is 0.240. The minimum Gasteiger partial charge on any atom is -0.452 e. The number of aromatic nitrogens is 3. The lowest BCUT2D eigenvalue weighted by molar-refractivity contribution is -0.384. The maximum Gasteiger partial charge on any atom is 0.304 e. The molecule has 1 saturated heterocycles. The van der Waals surface area contributed by atoms with Gasteiger partial charge in [-0.15, -0.1) is 0 Å². The Morgan fingerprint density at radius 1 is 1.15 bits per heavy atom. The SMILES string of the molecule is O=Cc1cn(-c2ccnc(Nc3cc([N+](=O)[O-])c(N4CCOCC4)cc3OC(F)C(F)F)n2)c2cc(F)ccc12. The lowest BCUT2D eigenvalue weighted by atomic mass is 10.2. The number of nitrogens with one attached hydrogen (secondary N) is 1. The number of morpholine rings is 1. The van der Waals surface area contributed by atoms with Gasteiger partial charge in [0.05, 0.1) is 29.3 Å². The fourth-order valence-electron chi connectivity index (χ4n) is 4.30. The number of hydrogen-bond donors (Lipinski definition) is 1. The van der Waals surface area contributed by atoms with Crippen LogP contribution in [0.1, 0.15) is 10.4 Å². The van der Waals surface area contributed by atoms with Crippen LogP contribution in [-0.2, 0) is 4.74 Å². The van der Waals surface area contributed by atoms with E-state index in [1.54, 1.807) is 4.90 Å². The highest BCUT2D eigenvalue weighted by molar-refractivity contribution is 5.98. The van der Waals surface area contributed by atoms with E-state index >= 15 is 0 Å². The largest absolute Gasteiger partial charge is 0.452 e. The molecule has 15 heteroatoms. The summed E-state index contributed by atoms with van der Waals surface area (Å²) >= 11 is 0. The van der Waals surface area contributed by atoms with Gasteiger partial charge in [-0.3, -0.25) is 14.9 Å². The van der Waals surface area contributed by atoms with Crippen LogP contribution in [0.4, 0.5) is 40.6 Å². The minimum atomic E-state index is -3.48. The van der Waals surface area contributed by atoms with Crippen molar-refractivity contribution in [3.8, 4) is 11.6 Å². The molecule has 3 heterocycles. The molecule has 5 rings (SSSR count). The monoisotopic (exact) mass is 560 g/mol. The van der Waals surface area contributed by atoms with E-state index in [0.717, 1.165) is 12.1 Å². The highest BCUT2D eigenvalue weighted by Crippen LogP contribution is 2.40. The quantitative estimate of drug-likeness (QED) is 0.133. The number of nitro benzene ring substituents is 1. The number of carbonyl (C=O) groups is 1. The zero-order chi connectivity index (χ0) is 28.4. The van der Waals surface area contributed by atoms with Crippen molar-refractivity contribution in [2.45, 2.75) is 12.8 Å². The molecule has 2 aromatic carbocycles. The molecule has 1 fully saturated rings. The van der Waals surface area contributed by atoms with Crippen molar-refractivity contribution in [2.75, 3.05) is 36.5 Å². The van der Waals surface area contributed by atoms with E-state index in [-0.39, 0.29) is 55.0 Å². The third kappa shape index (κ3) is 5.36. The Morgan fingerprint density at radius 3 is 2.62 bits per heavy atom. The number of carbonyl (C=O) groups excluding carboxylic acids is 1. The van der Waals surface area contributed by atoms with Gasteiger partial charge in [-0.25, -0.2) is 18.2 Å². The second kappa shape index (κ2) is 11.1. The van der Waals surface area contributed by atoms with Gasteiger partial charge < -0.3 is 24.3 Å². The van der Waals surface area contributed by atoms with Gasteiger partial charge >= 0.3 is 6.43 Å². The number of anilines is 3. The second-order valence-electron chi connectivity index (χ2n) is 8.59. The van der Waals surface area contributed by atoms with E-state index in [0.29, 0.717) is 17.2 Å². The number of benzene rings is 2. The van der Waals surface area contributed by atoms with Crippen molar-refractivity contribution in [1.82, 2.24) is 14.5 Å². The topological polar surface area (TPSA) is 125 Å². The van der Waals surface area contributed by atoms with E-state index in [2.05, 4.69) is 15.3 Å². The van der Waals surface area contributed by atoms with Crippen LogP contribution in [0.25, 0.3) is 16.7 Å². The van der Waals surface area contributed by atoms with Crippen LogP contribution in [0, 0.1) is 15.9 Å². The van der Waals surface area contributed by atoms with Crippen molar-refractivity contribution < 1.29 is 36.8 Å². The number of ether oxygens (including phenoxy) is 2. The van der Waals surface area contributed by atoms with Crippen molar-refractivity contribution >= 4 is 40.2 Å². The molecule has 0 spiro atoms. The highest BCUT2D eigenvalue weighted by atomic mass is 19.3. The number of nitrogens with zero attached hydrogens (tertiary/aromatic N) is 5. The first-order valence-electron chi connectivity index (χ1n) is 11.9. The Hall–Kier alpha value is -4.79. The Bertz CT molecular complexity index is 1580. The zero-order valence-corrected chi connectivity index (χ0v) is 20.5. The van der Waals surface area contributed by atoms with Gasteiger partial charge in [-0.05, 0) is 24.3 Å². The predicted octanol–water partition coefficient (Wildman–Crippen LogP) is 4.80. The highest BCUT2D eigenvalue weighted by Gasteiger charge is 2.28. The van der Waals surface area contributed by atoms with E-state index in [1.165, 1.54) is 41.2 Å². The van der Waals surface area contributed by atoms with Crippen LogP contribution >= 0.6 is 0 Å². The number of fused-ring (bicyclic) bond motifs is 1. The molecule has 1 aliphatic rings. The van der Waals surface area contributed by atoms with E-state index in [9.17, 15) is 32.5 Å². The van der Waals surface area contributed by atoms with Gasteiger partial charge in [0.15, 0.2) is 6.29 Å². The molecule has 2 aromatic heterocycles. The molecule has 0 amide bonds. The first-order valence-corrected chi connectivity index (χ1v) is 11.9. The third-order valence-corrected chi connectivity index (χ3v) is 6.12. The maximum absolute atomic E-state index is 14.0. The van der Waals surface area contributed by atoms with Crippen molar-refractivity contribution in [1.29, 1.82) is 0 Å². The molecule has 4 aromatic rings. The predicted molar refractivity (Wildman–Crippen MR) is 135 cm³/mol. The average Bonchev–Trinajstić information content (AvgIpc) is 3.32. The minimum absolute atomic E-state index is 0.0345. The zero-order valence-electron chi connectivity index (χ0n) is 20.5. The van der Waals surface area contributed by atoms with E-state index < -0.39 is 35.0 Å². The van der Waals surface area contributed by atoms with Crippen molar-refractivity contribution in [2.24, 2.45) is 0 Å². The summed E-state index contributed by atoms with van der Waals surface area (Å²) in [5, 5.41) is 15.1.